The van der Waals surface area contributed by atoms with Crippen molar-refractivity contribution < 1.29 is 19.6 Å². The number of rotatable bonds is 8. The van der Waals surface area contributed by atoms with Crippen molar-refractivity contribution in [2.45, 2.75) is 19.0 Å². The molecule has 0 aliphatic heterocycles. The van der Waals surface area contributed by atoms with Crippen molar-refractivity contribution in [3.63, 3.8) is 0 Å². The number of halogens is 2. The fraction of sp³-hybridized carbons (Fsp3) is 0.130. The number of carbonyl (C=O) groups excluding carboxylic acids is 1. The number of carboxylic acids is 1. The van der Waals surface area contributed by atoms with Gasteiger partial charge in [-0.15, -0.1) is 0 Å². The van der Waals surface area contributed by atoms with E-state index in [0.29, 0.717) is 10.6 Å². The van der Waals surface area contributed by atoms with Crippen LogP contribution in [0.15, 0.2) is 72.8 Å². The van der Waals surface area contributed by atoms with Gasteiger partial charge in [-0.1, -0.05) is 71.7 Å². The van der Waals surface area contributed by atoms with Crippen molar-refractivity contribution in [3.05, 3.63) is 110 Å². The predicted octanol–water partition coefficient (Wildman–Crippen LogP) is 5.24. The van der Waals surface area contributed by atoms with Crippen LogP contribution in [0.4, 0.5) is 5.69 Å². The number of para-hydroxylation sites is 1. The minimum absolute atomic E-state index is 0.00769. The van der Waals surface area contributed by atoms with E-state index in [-0.39, 0.29) is 34.8 Å². The second kappa shape index (κ2) is 10.3. The monoisotopic (exact) mass is 472 g/mol. The third-order valence-electron chi connectivity index (χ3n) is 4.88. The van der Waals surface area contributed by atoms with E-state index in [4.69, 9.17) is 23.2 Å². The molecular formula is C23H18Cl2N2O5. The van der Waals surface area contributed by atoms with E-state index >= 15 is 0 Å². The number of carbonyl (C=O) groups is 2. The first kappa shape index (κ1) is 23.2. The molecule has 1 N–H and O–H groups in total. The molecular weight excluding hydrogens is 455 g/mol. The zero-order valence-electron chi connectivity index (χ0n) is 16.7. The van der Waals surface area contributed by atoms with Crippen LogP contribution in [-0.4, -0.2) is 32.8 Å². The van der Waals surface area contributed by atoms with Crippen LogP contribution >= 0.6 is 23.2 Å². The second-order valence-electron chi connectivity index (χ2n) is 6.99. The minimum atomic E-state index is -1.29. The molecule has 3 aromatic carbocycles. The van der Waals surface area contributed by atoms with Gasteiger partial charge in [0.1, 0.15) is 6.04 Å². The average Bonchev–Trinajstić information content (AvgIpc) is 2.76. The summed E-state index contributed by atoms with van der Waals surface area (Å²) >= 11 is 12.1. The molecule has 0 saturated heterocycles. The van der Waals surface area contributed by atoms with Gasteiger partial charge in [0.05, 0.1) is 22.1 Å². The molecule has 1 amide bonds. The minimum Gasteiger partial charge on any atom is -0.480 e. The lowest BCUT2D eigenvalue weighted by atomic mass is 10.0. The molecule has 32 heavy (non-hydrogen) atoms. The lowest BCUT2D eigenvalue weighted by Gasteiger charge is -2.29. The molecule has 0 spiro atoms. The van der Waals surface area contributed by atoms with Crippen LogP contribution in [0.5, 0.6) is 0 Å². The van der Waals surface area contributed by atoms with Crippen LogP contribution < -0.4 is 0 Å². The molecule has 1 unspecified atom stereocenters. The molecule has 1 atom stereocenters. The number of nitrogens with zero attached hydrogens (tertiary/aromatic N) is 2. The van der Waals surface area contributed by atoms with E-state index in [1.807, 2.05) is 0 Å². The van der Waals surface area contributed by atoms with Crippen molar-refractivity contribution in [1.82, 2.24) is 4.90 Å². The molecule has 0 bridgehead atoms. The standard InChI is InChI=1S/C23H18Cl2N2O5/c24-17-10-11-18(19(25)13-17)22(28)26(14-16-8-4-5-9-20(16)27(31)32)21(23(29)30)12-15-6-2-1-3-7-15/h1-11,13,21H,12,14H2,(H,29,30). The Labute approximate surface area is 194 Å². The Kier molecular flexibility index (Phi) is 7.45. The van der Waals surface area contributed by atoms with Gasteiger partial charge in [-0.3, -0.25) is 14.9 Å². The molecule has 0 fully saturated rings. The van der Waals surface area contributed by atoms with Crippen LogP contribution in [-0.2, 0) is 17.8 Å². The average molecular weight is 473 g/mol. The predicted molar refractivity (Wildman–Crippen MR) is 121 cm³/mol. The van der Waals surface area contributed by atoms with Crippen molar-refractivity contribution in [2.24, 2.45) is 0 Å². The lowest BCUT2D eigenvalue weighted by molar-refractivity contribution is -0.385. The van der Waals surface area contributed by atoms with Crippen LogP contribution in [0.1, 0.15) is 21.5 Å². The third-order valence-corrected chi connectivity index (χ3v) is 5.43. The van der Waals surface area contributed by atoms with Gasteiger partial charge in [0.25, 0.3) is 11.6 Å². The zero-order chi connectivity index (χ0) is 23.3. The Morgan fingerprint density at radius 3 is 2.28 bits per heavy atom. The molecule has 7 nitrogen and oxygen atoms in total. The summed E-state index contributed by atoms with van der Waals surface area (Å²) in [6.07, 6.45) is 0.00769. The summed E-state index contributed by atoms with van der Waals surface area (Å²) < 4.78 is 0. The Morgan fingerprint density at radius 1 is 1.00 bits per heavy atom. The van der Waals surface area contributed by atoms with Gasteiger partial charge in [-0.25, -0.2) is 4.79 Å². The zero-order valence-corrected chi connectivity index (χ0v) is 18.2. The highest BCUT2D eigenvalue weighted by molar-refractivity contribution is 6.36. The number of hydrogen-bond acceptors (Lipinski definition) is 4. The van der Waals surface area contributed by atoms with Crippen molar-refractivity contribution in [1.29, 1.82) is 0 Å². The van der Waals surface area contributed by atoms with Gasteiger partial charge in [-0.05, 0) is 23.8 Å². The van der Waals surface area contributed by atoms with Gasteiger partial charge in [0.2, 0.25) is 0 Å². The maximum atomic E-state index is 13.5. The lowest BCUT2D eigenvalue weighted by Crippen LogP contribution is -2.46. The highest BCUT2D eigenvalue weighted by Gasteiger charge is 2.33. The van der Waals surface area contributed by atoms with E-state index < -0.39 is 22.8 Å². The molecule has 0 heterocycles. The molecule has 3 aromatic rings. The normalized spacial score (nSPS) is 11.6. The number of amides is 1. The summed E-state index contributed by atoms with van der Waals surface area (Å²) in [5.74, 6) is -1.92. The number of benzene rings is 3. The number of nitro groups is 1. The highest BCUT2D eigenvalue weighted by Crippen LogP contribution is 2.27. The third kappa shape index (κ3) is 5.43. The van der Waals surface area contributed by atoms with E-state index in [1.54, 1.807) is 36.4 Å². The molecule has 0 aliphatic rings. The van der Waals surface area contributed by atoms with Crippen LogP contribution in [0.3, 0.4) is 0 Å². The maximum Gasteiger partial charge on any atom is 0.326 e. The molecule has 0 aliphatic carbocycles. The molecule has 0 radical (unpaired) electrons. The van der Waals surface area contributed by atoms with Gasteiger partial charge in [0, 0.05) is 23.1 Å². The fourth-order valence-corrected chi connectivity index (χ4v) is 3.80. The summed E-state index contributed by atoms with van der Waals surface area (Å²) in [6, 6.07) is 17.7. The quantitative estimate of drug-likeness (QED) is 0.356. The fourth-order valence-electron chi connectivity index (χ4n) is 3.32. The van der Waals surface area contributed by atoms with E-state index in [9.17, 15) is 24.8 Å². The maximum absolute atomic E-state index is 13.5. The SMILES string of the molecule is O=C(O)C(Cc1ccccc1)N(Cc1ccccc1[N+](=O)[O-])C(=O)c1ccc(Cl)cc1Cl. The summed E-state index contributed by atoms with van der Waals surface area (Å²) in [6.45, 7) is -0.293. The Hall–Kier alpha value is -3.42. The van der Waals surface area contributed by atoms with Crippen molar-refractivity contribution in [2.75, 3.05) is 0 Å². The van der Waals surface area contributed by atoms with Gasteiger partial charge < -0.3 is 10.0 Å². The second-order valence-corrected chi connectivity index (χ2v) is 7.83. The summed E-state index contributed by atoms with van der Waals surface area (Å²) in [7, 11) is 0. The van der Waals surface area contributed by atoms with Crippen LogP contribution in [0.25, 0.3) is 0 Å². The van der Waals surface area contributed by atoms with E-state index in [2.05, 4.69) is 0 Å². The summed E-state index contributed by atoms with van der Waals surface area (Å²) in [4.78, 5) is 37.7. The van der Waals surface area contributed by atoms with E-state index in [1.165, 1.54) is 36.4 Å². The van der Waals surface area contributed by atoms with Gasteiger partial charge in [0.15, 0.2) is 0 Å². The number of aliphatic carboxylic acids is 1. The first-order chi connectivity index (χ1) is 15.3. The first-order valence-electron chi connectivity index (χ1n) is 9.53. The molecule has 0 saturated carbocycles. The smallest absolute Gasteiger partial charge is 0.326 e. The molecule has 9 heteroatoms. The Bertz CT molecular complexity index is 1150. The number of nitro benzene ring substituents is 1. The summed E-state index contributed by atoms with van der Waals surface area (Å²) in [5, 5.41) is 21.8. The highest BCUT2D eigenvalue weighted by atomic mass is 35.5. The topological polar surface area (TPSA) is 101 Å². The van der Waals surface area contributed by atoms with Gasteiger partial charge in [-0.2, -0.15) is 0 Å². The van der Waals surface area contributed by atoms with E-state index in [0.717, 1.165) is 4.90 Å². The molecule has 3 rings (SSSR count). The summed E-state index contributed by atoms with van der Waals surface area (Å²) in [5.41, 5.74) is 0.739. The van der Waals surface area contributed by atoms with Gasteiger partial charge >= 0.3 is 5.97 Å². The molecule has 0 aromatic heterocycles. The van der Waals surface area contributed by atoms with Crippen LogP contribution in [0, 0.1) is 10.1 Å². The Balaban J connectivity index is 2.08. The van der Waals surface area contributed by atoms with Crippen LogP contribution in [0.2, 0.25) is 10.0 Å². The van der Waals surface area contributed by atoms with Crippen molar-refractivity contribution in [3.8, 4) is 0 Å². The number of carboxylic acid groups (broad SMARTS) is 1. The number of hydrogen-bond donors (Lipinski definition) is 1. The molecule has 164 valence electrons. The Morgan fingerprint density at radius 2 is 1.66 bits per heavy atom. The van der Waals surface area contributed by atoms with Crippen molar-refractivity contribution >= 4 is 40.8 Å². The largest absolute Gasteiger partial charge is 0.480 e. The first-order valence-corrected chi connectivity index (χ1v) is 10.3.